The molecule has 0 saturated carbocycles. The highest BCUT2D eigenvalue weighted by molar-refractivity contribution is 7.89. The predicted octanol–water partition coefficient (Wildman–Crippen LogP) is 4.33. The van der Waals surface area contributed by atoms with Gasteiger partial charge in [0.2, 0.25) is 10.0 Å². The molecular weight excluding hydrogens is 467 g/mol. The van der Waals surface area contributed by atoms with Crippen molar-refractivity contribution < 1.29 is 26.4 Å². The molecule has 1 N–H and O–H groups in total. The van der Waals surface area contributed by atoms with E-state index >= 15 is 0 Å². The van der Waals surface area contributed by atoms with Crippen LogP contribution < -0.4 is 5.32 Å². The van der Waals surface area contributed by atoms with Gasteiger partial charge in [-0.3, -0.25) is 9.78 Å². The molecule has 0 fully saturated rings. The van der Waals surface area contributed by atoms with Crippen LogP contribution in [0.15, 0.2) is 78.0 Å². The first-order valence-electron chi connectivity index (χ1n) is 10.5. The molecule has 34 heavy (non-hydrogen) atoms. The molecule has 180 valence electrons. The van der Waals surface area contributed by atoms with E-state index in [1.165, 1.54) is 28.6 Å². The summed E-state index contributed by atoms with van der Waals surface area (Å²) in [7, 11) is -4.00. The number of carbonyl (C=O) groups excluding carboxylic acids is 1. The molecule has 0 spiro atoms. The molecule has 2 aromatic carbocycles. The zero-order valence-corrected chi connectivity index (χ0v) is 19.2. The van der Waals surface area contributed by atoms with Crippen LogP contribution in [0, 0.1) is 0 Å². The molecular formula is C24H24F3N3O3S. The molecule has 3 rings (SSSR count). The fraction of sp³-hybridized carbons (Fsp3) is 0.250. The average Bonchev–Trinajstić information content (AvgIpc) is 2.83. The molecule has 0 aliphatic heterocycles. The van der Waals surface area contributed by atoms with Gasteiger partial charge < -0.3 is 5.32 Å². The third-order valence-corrected chi connectivity index (χ3v) is 6.88. The van der Waals surface area contributed by atoms with Crippen LogP contribution in [-0.2, 0) is 29.5 Å². The van der Waals surface area contributed by atoms with Gasteiger partial charge in [-0.05, 0) is 53.4 Å². The van der Waals surface area contributed by atoms with Gasteiger partial charge in [-0.1, -0.05) is 37.3 Å². The summed E-state index contributed by atoms with van der Waals surface area (Å²) in [5.74, 6) is -0.940. The van der Waals surface area contributed by atoms with E-state index in [1.807, 2.05) is 31.2 Å². The number of pyridine rings is 1. The quantitative estimate of drug-likeness (QED) is 0.483. The van der Waals surface area contributed by atoms with Crippen LogP contribution in [-0.4, -0.2) is 36.3 Å². The molecule has 1 heterocycles. The van der Waals surface area contributed by atoms with Gasteiger partial charge in [-0.25, -0.2) is 8.42 Å². The lowest BCUT2D eigenvalue weighted by atomic mass is 10.1. The van der Waals surface area contributed by atoms with E-state index in [0.717, 1.165) is 17.5 Å². The molecule has 10 heteroatoms. The van der Waals surface area contributed by atoms with Gasteiger partial charge in [-0.15, -0.1) is 0 Å². The lowest BCUT2D eigenvalue weighted by Crippen LogP contribution is -2.33. The largest absolute Gasteiger partial charge is 0.405 e. The van der Waals surface area contributed by atoms with E-state index in [9.17, 15) is 26.4 Å². The van der Waals surface area contributed by atoms with Crippen LogP contribution in [0.2, 0.25) is 0 Å². The first-order valence-corrected chi connectivity index (χ1v) is 11.9. The van der Waals surface area contributed by atoms with Crippen molar-refractivity contribution in [1.82, 2.24) is 14.6 Å². The Morgan fingerprint density at radius 1 is 0.941 bits per heavy atom. The minimum atomic E-state index is -4.54. The molecule has 0 saturated heterocycles. The summed E-state index contributed by atoms with van der Waals surface area (Å²) in [6, 6.07) is 15.9. The second-order valence-corrected chi connectivity index (χ2v) is 9.56. The van der Waals surface area contributed by atoms with Crippen LogP contribution >= 0.6 is 0 Å². The highest BCUT2D eigenvalue weighted by Crippen LogP contribution is 2.22. The van der Waals surface area contributed by atoms with Crippen molar-refractivity contribution in [1.29, 1.82) is 0 Å². The van der Waals surface area contributed by atoms with Gasteiger partial charge in [0.1, 0.15) is 6.54 Å². The minimum Gasteiger partial charge on any atom is -0.343 e. The second kappa shape index (κ2) is 10.8. The Hall–Kier alpha value is -3.24. The van der Waals surface area contributed by atoms with Crippen LogP contribution in [0.3, 0.4) is 0 Å². The Balaban J connectivity index is 1.85. The summed E-state index contributed by atoms with van der Waals surface area (Å²) in [5, 5.41) is 1.76. The fourth-order valence-corrected chi connectivity index (χ4v) is 4.63. The number of amides is 1. The average molecular weight is 492 g/mol. The van der Waals surface area contributed by atoms with Crippen LogP contribution in [0.5, 0.6) is 0 Å². The van der Waals surface area contributed by atoms with Crippen LogP contribution in [0.25, 0.3) is 0 Å². The van der Waals surface area contributed by atoms with Crippen molar-refractivity contribution in [2.24, 2.45) is 0 Å². The summed E-state index contributed by atoms with van der Waals surface area (Å²) in [4.78, 5) is 15.9. The number of aryl methyl sites for hydroxylation is 1. The normalized spacial score (nSPS) is 12.0. The smallest absolute Gasteiger partial charge is 0.343 e. The molecule has 6 nitrogen and oxygen atoms in total. The molecule has 0 bridgehead atoms. The zero-order chi connectivity index (χ0) is 24.8. The highest BCUT2D eigenvalue weighted by atomic mass is 32.2. The first-order chi connectivity index (χ1) is 16.1. The van der Waals surface area contributed by atoms with E-state index in [0.29, 0.717) is 5.56 Å². The Labute approximate surface area is 196 Å². The number of rotatable bonds is 9. The summed E-state index contributed by atoms with van der Waals surface area (Å²) in [5.41, 5.74) is 2.55. The molecule has 0 aliphatic rings. The van der Waals surface area contributed by atoms with E-state index < -0.39 is 28.7 Å². The second-order valence-electron chi connectivity index (χ2n) is 7.63. The number of hydrogen-bond donors (Lipinski definition) is 1. The maximum absolute atomic E-state index is 13.5. The molecule has 3 aromatic rings. The number of alkyl halides is 3. The Morgan fingerprint density at radius 3 is 2.12 bits per heavy atom. The van der Waals surface area contributed by atoms with Gasteiger partial charge in [0.05, 0.1) is 4.90 Å². The van der Waals surface area contributed by atoms with Gasteiger partial charge in [0, 0.05) is 31.0 Å². The highest BCUT2D eigenvalue weighted by Gasteiger charge is 2.28. The number of aromatic nitrogens is 1. The molecule has 0 unspecified atom stereocenters. The molecule has 1 amide bonds. The molecule has 0 atom stereocenters. The number of sulfonamides is 1. The lowest BCUT2D eigenvalue weighted by Gasteiger charge is -2.23. The monoisotopic (exact) mass is 491 g/mol. The van der Waals surface area contributed by atoms with Crippen molar-refractivity contribution in [2.45, 2.75) is 37.5 Å². The molecule has 1 aromatic heterocycles. The van der Waals surface area contributed by atoms with E-state index in [-0.39, 0.29) is 23.5 Å². The van der Waals surface area contributed by atoms with Crippen molar-refractivity contribution in [3.63, 3.8) is 0 Å². The predicted molar refractivity (Wildman–Crippen MR) is 121 cm³/mol. The Morgan fingerprint density at radius 2 is 1.56 bits per heavy atom. The first kappa shape index (κ1) is 25.4. The van der Waals surface area contributed by atoms with Crippen molar-refractivity contribution in [3.8, 4) is 0 Å². The van der Waals surface area contributed by atoms with Crippen LogP contribution in [0.4, 0.5) is 13.2 Å². The van der Waals surface area contributed by atoms with E-state index in [1.54, 1.807) is 29.8 Å². The number of carbonyl (C=O) groups is 1. The molecule has 0 radical (unpaired) electrons. The fourth-order valence-electron chi connectivity index (χ4n) is 3.22. The van der Waals surface area contributed by atoms with E-state index in [2.05, 4.69) is 4.98 Å². The Kier molecular flexibility index (Phi) is 8.06. The van der Waals surface area contributed by atoms with Crippen molar-refractivity contribution in [2.75, 3.05) is 6.54 Å². The number of halogens is 3. The summed E-state index contributed by atoms with van der Waals surface area (Å²) in [6.45, 7) is 0.734. The van der Waals surface area contributed by atoms with Crippen molar-refractivity contribution >= 4 is 15.9 Å². The van der Waals surface area contributed by atoms with Crippen molar-refractivity contribution in [3.05, 3.63) is 95.3 Å². The van der Waals surface area contributed by atoms with Crippen LogP contribution in [0.1, 0.15) is 34.0 Å². The van der Waals surface area contributed by atoms with Gasteiger partial charge >= 0.3 is 6.18 Å². The topological polar surface area (TPSA) is 79.4 Å². The maximum Gasteiger partial charge on any atom is 0.405 e. The minimum absolute atomic E-state index is 0.0690. The SMILES string of the molecule is CCc1ccc(CN(Cc2cccnc2)S(=O)(=O)c2ccc(C(=O)NCC(F)(F)F)cc2)cc1. The summed E-state index contributed by atoms with van der Waals surface area (Å²) >= 11 is 0. The van der Waals surface area contributed by atoms with Gasteiger partial charge in [0.25, 0.3) is 5.91 Å². The van der Waals surface area contributed by atoms with E-state index in [4.69, 9.17) is 0 Å². The maximum atomic E-state index is 13.5. The van der Waals surface area contributed by atoms with Gasteiger partial charge in [-0.2, -0.15) is 17.5 Å². The standard InChI is InChI=1S/C24H24F3N3O3S/c1-2-18-5-7-19(8-6-18)15-30(16-20-4-3-13-28-14-20)34(32,33)22-11-9-21(10-12-22)23(31)29-17-24(25,26)27/h3-14H,2,15-17H2,1H3,(H,29,31). The molecule has 0 aliphatic carbocycles. The Bertz CT molecular complexity index is 1200. The zero-order valence-electron chi connectivity index (χ0n) is 18.4. The lowest BCUT2D eigenvalue weighted by molar-refractivity contribution is -0.123. The third kappa shape index (κ3) is 6.88. The number of nitrogens with zero attached hydrogens (tertiary/aromatic N) is 2. The summed E-state index contributed by atoms with van der Waals surface area (Å²) < 4.78 is 65.2. The third-order valence-electron chi connectivity index (χ3n) is 5.08. The number of nitrogens with one attached hydrogen (secondary N) is 1. The number of hydrogen-bond acceptors (Lipinski definition) is 4. The van der Waals surface area contributed by atoms with Gasteiger partial charge in [0.15, 0.2) is 0 Å². The summed E-state index contributed by atoms with van der Waals surface area (Å²) in [6.07, 6.45) is -0.507. The number of benzene rings is 2.